The average molecular weight is 502 g/mol. The van der Waals surface area contributed by atoms with E-state index in [9.17, 15) is 8.42 Å². The maximum Gasteiger partial charge on any atom is 0.252 e. The predicted octanol–water partition coefficient (Wildman–Crippen LogP) is 3.11. The van der Waals surface area contributed by atoms with Gasteiger partial charge in [0.2, 0.25) is 0 Å². The molecule has 2 N–H and O–H groups in total. The summed E-state index contributed by atoms with van der Waals surface area (Å²) in [4.78, 5) is 5.46. The molecule has 0 fully saturated rings. The molecule has 0 aromatic carbocycles. The van der Waals surface area contributed by atoms with E-state index in [0.717, 1.165) is 30.3 Å². The molecule has 1 aromatic heterocycles. The van der Waals surface area contributed by atoms with Crippen molar-refractivity contribution in [2.45, 2.75) is 44.4 Å². The fourth-order valence-corrected chi connectivity index (χ4v) is 4.43. The van der Waals surface area contributed by atoms with Crippen LogP contribution in [0.15, 0.2) is 21.3 Å². The number of nitrogens with zero attached hydrogens (tertiary/aromatic N) is 2. The first-order chi connectivity index (χ1) is 11.3. The Bertz CT molecular complexity index is 628. The number of rotatable bonds is 9. The van der Waals surface area contributed by atoms with Crippen LogP contribution in [0.2, 0.25) is 0 Å². The van der Waals surface area contributed by atoms with Crippen molar-refractivity contribution in [2.24, 2.45) is 10.9 Å². The molecular weight excluding hydrogens is 471 g/mol. The van der Waals surface area contributed by atoms with Gasteiger partial charge >= 0.3 is 0 Å². The quantitative estimate of drug-likeness (QED) is 0.236. The Labute approximate surface area is 173 Å². The minimum Gasteiger partial charge on any atom is -0.357 e. The summed E-state index contributed by atoms with van der Waals surface area (Å²) in [6.07, 6.45) is 2.29. The molecule has 0 atom stereocenters. The maximum absolute atomic E-state index is 12.1. The molecule has 25 heavy (non-hydrogen) atoms. The van der Waals surface area contributed by atoms with Gasteiger partial charge in [-0.15, -0.1) is 35.3 Å². The molecule has 0 unspecified atom stereocenters. The van der Waals surface area contributed by atoms with Gasteiger partial charge in [0.25, 0.3) is 10.0 Å². The average Bonchev–Trinajstić information content (AvgIpc) is 2.98. The fraction of sp³-hybridized carbons (Fsp3) is 0.688. The molecule has 0 spiro atoms. The third-order valence-corrected chi connectivity index (χ3v) is 6.71. The molecule has 1 aromatic rings. The summed E-state index contributed by atoms with van der Waals surface area (Å²) in [5.41, 5.74) is 0. The SMILES string of the molecule is CCNC(=NCc1ccc(S(=O)(=O)N(C)C)s1)NCCCC(C)C.I. The highest BCUT2D eigenvalue weighted by Crippen LogP contribution is 2.24. The number of halogens is 1. The summed E-state index contributed by atoms with van der Waals surface area (Å²) in [7, 11) is -0.281. The van der Waals surface area contributed by atoms with E-state index in [4.69, 9.17) is 0 Å². The number of thiophene rings is 1. The van der Waals surface area contributed by atoms with Crippen molar-refractivity contribution in [1.82, 2.24) is 14.9 Å². The Morgan fingerprint density at radius 3 is 2.52 bits per heavy atom. The Balaban J connectivity index is 0.00000576. The number of guanidine groups is 1. The lowest BCUT2D eigenvalue weighted by atomic mass is 10.1. The topological polar surface area (TPSA) is 73.8 Å². The van der Waals surface area contributed by atoms with Crippen molar-refractivity contribution in [3.63, 3.8) is 0 Å². The lowest BCUT2D eigenvalue weighted by Crippen LogP contribution is -2.37. The Kier molecular flexibility index (Phi) is 11.9. The smallest absolute Gasteiger partial charge is 0.252 e. The number of nitrogens with one attached hydrogen (secondary N) is 2. The zero-order valence-corrected chi connectivity index (χ0v) is 19.7. The second-order valence-corrected chi connectivity index (χ2v) is 9.71. The van der Waals surface area contributed by atoms with Crippen LogP contribution < -0.4 is 10.6 Å². The van der Waals surface area contributed by atoms with Crippen LogP contribution in [-0.2, 0) is 16.6 Å². The molecule has 0 aliphatic heterocycles. The van der Waals surface area contributed by atoms with Gasteiger partial charge in [0.05, 0.1) is 6.54 Å². The zero-order chi connectivity index (χ0) is 18.2. The molecule has 0 radical (unpaired) electrons. The van der Waals surface area contributed by atoms with Gasteiger partial charge in [-0.3, -0.25) is 0 Å². The van der Waals surface area contributed by atoms with Gasteiger partial charge in [-0.05, 0) is 37.8 Å². The Morgan fingerprint density at radius 1 is 1.28 bits per heavy atom. The van der Waals surface area contributed by atoms with E-state index in [-0.39, 0.29) is 24.0 Å². The molecule has 1 heterocycles. The third-order valence-electron chi connectivity index (χ3n) is 3.36. The van der Waals surface area contributed by atoms with E-state index in [1.807, 2.05) is 13.0 Å². The minimum absolute atomic E-state index is 0. The van der Waals surface area contributed by atoms with E-state index < -0.39 is 10.0 Å². The first-order valence-corrected chi connectivity index (χ1v) is 10.6. The zero-order valence-electron chi connectivity index (χ0n) is 15.7. The summed E-state index contributed by atoms with van der Waals surface area (Å²) < 4.78 is 25.8. The van der Waals surface area contributed by atoms with Crippen molar-refractivity contribution in [2.75, 3.05) is 27.2 Å². The van der Waals surface area contributed by atoms with Gasteiger partial charge in [-0.2, -0.15) is 0 Å². The number of aliphatic imine (C=N–C) groups is 1. The largest absolute Gasteiger partial charge is 0.357 e. The van der Waals surface area contributed by atoms with Crippen molar-refractivity contribution in [3.8, 4) is 0 Å². The molecule has 9 heteroatoms. The van der Waals surface area contributed by atoms with Gasteiger partial charge in [-0.25, -0.2) is 17.7 Å². The van der Waals surface area contributed by atoms with Crippen LogP contribution in [0.3, 0.4) is 0 Å². The molecule has 0 aliphatic carbocycles. The molecule has 0 saturated heterocycles. The molecule has 1 rings (SSSR count). The third kappa shape index (κ3) is 8.69. The summed E-state index contributed by atoms with van der Waals surface area (Å²) in [6.45, 7) is 8.60. The highest BCUT2D eigenvalue weighted by atomic mass is 127. The molecule has 0 bridgehead atoms. The number of hydrogen-bond acceptors (Lipinski definition) is 4. The second-order valence-electron chi connectivity index (χ2n) is 6.17. The van der Waals surface area contributed by atoms with Crippen LogP contribution in [-0.4, -0.2) is 45.9 Å². The number of hydrogen-bond donors (Lipinski definition) is 2. The molecule has 0 aliphatic rings. The van der Waals surface area contributed by atoms with Gasteiger partial charge < -0.3 is 10.6 Å². The van der Waals surface area contributed by atoms with Gasteiger partial charge in [0.15, 0.2) is 5.96 Å². The molecule has 6 nitrogen and oxygen atoms in total. The highest BCUT2D eigenvalue weighted by molar-refractivity contribution is 14.0. The Morgan fingerprint density at radius 2 is 1.96 bits per heavy atom. The van der Waals surface area contributed by atoms with Crippen molar-refractivity contribution in [3.05, 3.63) is 17.0 Å². The van der Waals surface area contributed by atoms with Gasteiger partial charge in [0, 0.05) is 32.1 Å². The maximum atomic E-state index is 12.1. The van der Waals surface area contributed by atoms with Crippen LogP contribution in [0.5, 0.6) is 0 Å². The molecule has 146 valence electrons. The van der Waals surface area contributed by atoms with Crippen molar-refractivity contribution >= 4 is 51.3 Å². The predicted molar refractivity (Wildman–Crippen MR) is 117 cm³/mol. The molecule has 0 saturated carbocycles. The Hall–Kier alpha value is -0.390. The lowest BCUT2D eigenvalue weighted by Gasteiger charge is -2.11. The van der Waals surface area contributed by atoms with Crippen LogP contribution in [0.4, 0.5) is 0 Å². The van der Waals surface area contributed by atoms with E-state index >= 15 is 0 Å². The molecule has 0 amide bonds. The van der Waals surface area contributed by atoms with Crippen molar-refractivity contribution in [1.29, 1.82) is 0 Å². The summed E-state index contributed by atoms with van der Waals surface area (Å²) in [5, 5.41) is 6.53. The van der Waals surface area contributed by atoms with Crippen LogP contribution in [0, 0.1) is 5.92 Å². The second kappa shape index (κ2) is 12.1. The van der Waals surface area contributed by atoms with E-state index in [1.165, 1.54) is 36.2 Å². The van der Waals surface area contributed by atoms with Crippen molar-refractivity contribution < 1.29 is 8.42 Å². The molecular formula is C16H31IN4O2S2. The summed E-state index contributed by atoms with van der Waals surface area (Å²) in [5.74, 6) is 1.47. The van der Waals surface area contributed by atoms with Crippen LogP contribution in [0.25, 0.3) is 0 Å². The fourth-order valence-electron chi connectivity index (χ4n) is 1.98. The normalized spacial score (nSPS) is 12.4. The van der Waals surface area contributed by atoms with E-state index in [0.29, 0.717) is 16.7 Å². The standard InChI is InChI=1S/C16H30N4O2S2.HI/c1-6-17-16(18-11-7-8-13(2)3)19-12-14-9-10-15(23-14)24(21,22)20(4)5;/h9-10,13H,6-8,11-12H2,1-5H3,(H2,17,18,19);1H. The van der Waals surface area contributed by atoms with Gasteiger partial charge in [-0.1, -0.05) is 13.8 Å². The van der Waals surface area contributed by atoms with E-state index in [2.05, 4.69) is 29.5 Å². The highest BCUT2D eigenvalue weighted by Gasteiger charge is 2.19. The first-order valence-electron chi connectivity index (χ1n) is 8.30. The minimum atomic E-state index is -3.36. The van der Waals surface area contributed by atoms with Crippen LogP contribution >= 0.6 is 35.3 Å². The summed E-state index contributed by atoms with van der Waals surface area (Å²) >= 11 is 1.27. The lowest BCUT2D eigenvalue weighted by molar-refractivity contribution is 0.523. The van der Waals surface area contributed by atoms with Crippen LogP contribution in [0.1, 0.15) is 38.5 Å². The number of sulfonamides is 1. The monoisotopic (exact) mass is 502 g/mol. The van der Waals surface area contributed by atoms with Gasteiger partial charge in [0.1, 0.15) is 4.21 Å². The summed E-state index contributed by atoms with van der Waals surface area (Å²) in [6, 6.07) is 3.47. The first kappa shape index (κ1) is 24.6. The van der Waals surface area contributed by atoms with E-state index in [1.54, 1.807) is 6.07 Å².